The third-order valence-electron chi connectivity index (χ3n) is 3.93. The fourth-order valence-electron chi connectivity index (χ4n) is 3.00. The van der Waals surface area contributed by atoms with Crippen LogP contribution in [0, 0.1) is 6.92 Å². The Hall–Kier alpha value is -2.34. The van der Waals surface area contributed by atoms with Crippen molar-refractivity contribution in [2.24, 2.45) is 0 Å². The minimum absolute atomic E-state index is 0.485. The van der Waals surface area contributed by atoms with Crippen LogP contribution in [0.1, 0.15) is 5.82 Å². The molecule has 2 N–H and O–H groups in total. The predicted molar refractivity (Wildman–Crippen MR) is 83.0 cm³/mol. The van der Waals surface area contributed by atoms with E-state index in [1.54, 1.807) is 0 Å². The molecule has 3 heterocycles. The largest absolute Gasteiger partial charge is 0.382 e. The number of ether oxygens (including phenoxy) is 1. The third-order valence-corrected chi connectivity index (χ3v) is 3.93. The number of rotatable bonds is 1. The molecular weight excluding hydrogens is 266 g/mol. The number of hydrogen-bond acceptors (Lipinski definition) is 5. The van der Waals surface area contributed by atoms with Gasteiger partial charge in [0.15, 0.2) is 5.82 Å². The van der Waals surface area contributed by atoms with Crippen LogP contribution >= 0.6 is 0 Å². The minimum Gasteiger partial charge on any atom is -0.382 e. The highest BCUT2D eigenvalue weighted by molar-refractivity contribution is 6.06. The van der Waals surface area contributed by atoms with Gasteiger partial charge in [0, 0.05) is 5.39 Å². The summed E-state index contributed by atoms with van der Waals surface area (Å²) in [5.74, 6) is 1.41. The van der Waals surface area contributed by atoms with E-state index in [2.05, 4.69) is 25.7 Å². The maximum atomic E-state index is 6.10. The molecule has 6 heteroatoms. The normalized spacial score (nSPS) is 16.0. The number of aryl methyl sites for hydroxylation is 1. The number of hydrogen-bond donors (Lipinski definition) is 1. The van der Waals surface area contributed by atoms with E-state index in [1.165, 1.54) is 0 Å². The minimum atomic E-state index is 0.485. The van der Waals surface area contributed by atoms with Crippen LogP contribution in [0.4, 0.5) is 5.82 Å². The first-order chi connectivity index (χ1) is 10.3. The Labute approximate surface area is 122 Å². The van der Waals surface area contributed by atoms with Crippen LogP contribution in [0.5, 0.6) is 0 Å². The van der Waals surface area contributed by atoms with E-state index in [0.29, 0.717) is 5.82 Å². The number of imidazole rings is 1. The number of anilines is 1. The van der Waals surface area contributed by atoms with Crippen molar-refractivity contribution in [2.75, 3.05) is 37.0 Å². The van der Waals surface area contributed by atoms with E-state index in [-0.39, 0.29) is 0 Å². The molecule has 21 heavy (non-hydrogen) atoms. The van der Waals surface area contributed by atoms with Crippen molar-refractivity contribution in [3.8, 4) is 0 Å². The van der Waals surface area contributed by atoms with Crippen molar-refractivity contribution < 1.29 is 4.74 Å². The molecule has 0 atom stereocenters. The van der Waals surface area contributed by atoms with Gasteiger partial charge in [0.05, 0.1) is 31.8 Å². The monoisotopic (exact) mass is 283 g/mol. The third kappa shape index (κ3) is 1.83. The van der Waals surface area contributed by atoms with Gasteiger partial charge in [0.2, 0.25) is 0 Å². The molecular formula is C15H17N5O. The molecule has 6 nitrogen and oxygen atoms in total. The summed E-state index contributed by atoms with van der Waals surface area (Å²) in [5, 5.41) is 3.34. The van der Waals surface area contributed by atoms with Gasteiger partial charge < -0.3 is 15.5 Å². The lowest BCUT2D eigenvalue weighted by Crippen LogP contribution is -2.44. The number of pyridine rings is 1. The molecule has 0 unspecified atom stereocenters. The number of nitrogen functional groups attached to an aromatic ring is 1. The van der Waals surface area contributed by atoms with E-state index >= 15 is 0 Å². The zero-order valence-electron chi connectivity index (χ0n) is 11.9. The van der Waals surface area contributed by atoms with Gasteiger partial charge in [0.25, 0.3) is 0 Å². The van der Waals surface area contributed by atoms with Gasteiger partial charge >= 0.3 is 0 Å². The van der Waals surface area contributed by atoms with Gasteiger partial charge in [-0.15, -0.1) is 0 Å². The number of fused-ring (bicyclic) bond motifs is 3. The second kappa shape index (κ2) is 4.60. The smallest absolute Gasteiger partial charge is 0.152 e. The molecule has 1 aromatic carbocycles. The molecule has 0 spiro atoms. The van der Waals surface area contributed by atoms with Gasteiger partial charge in [-0.3, -0.25) is 0 Å². The molecule has 1 saturated heterocycles. The Kier molecular flexibility index (Phi) is 2.71. The summed E-state index contributed by atoms with van der Waals surface area (Å²) < 4.78 is 7.61. The summed E-state index contributed by atoms with van der Waals surface area (Å²) in [6.07, 6.45) is 0. The molecule has 0 bridgehead atoms. The van der Waals surface area contributed by atoms with Gasteiger partial charge in [-0.05, 0) is 13.0 Å². The summed E-state index contributed by atoms with van der Waals surface area (Å²) in [7, 11) is 0. The Balaban J connectivity index is 2.07. The lowest BCUT2D eigenvalue weighted by atomic mass is 10.2. The standard InChI is InChI=1S/C15H17N5O/c1-10-17-13-14(20(10)19-6-8-21-9-7-19)11-4-2-3-5-12(11)18-15(13)16/h2-5H,6-9H2,1H3,(H2,16,18). The number of benzene rings is 1. The molecule has 1 aliphatic heterocycles. The second-order valence-electron chi connectivity index (χ2n) is 5.25. The molecule has 0 saturated carbocycles. The molecule has 3 aromatic rings. The van der Waals surface area contributed by atoms with Gasteiger partial charge in [-0.2, -0.15) is 0 Å². The molecule has 108 valence electrons. The maximum absolute atomic E-state index is 6.10. The number of nitrogens with zero attached hydrogens (tertiary/aromatic N) is 4. The van der Waals surface area contributed by atoms with Crippen LogP contribution in [0.3, 0.4) is 0 Å². The molecule has 1 fully saturated rings. The Morgan fingerprint density at radius 3 is 2.71 bits per heavy atom. The Morgan fingerprint density at radius 1 is 1.14 bits per heavy atom. The molecule has 0 amide bonds. The van der Waals surface area contributed by atoms with Crippen LogP contribution in [-0.4, -0.2) is 40.9 Å². The zero-order valence-corrected chi connectivity index (χ0v) is 11.9. The van der Waals surface area contributed by atoms with Gasteiger partial charge in [-0.25, -0.2) is 14.6 Å². The zero-order chi connectivity index (χ0) is 14.4. The average molecular weight is 283 g/mol. The van der Waals surface area contributed by atoms with Crippen molar-refractivity contribution in [2.45, 2.75) is 6.92 Å². The predicted octanol–water partition coefficient (Wildman–Crippen LogP) is 1.44. The summed E-state index contributed by atoms with van der Waals surface area (Å²) in [6, 6.07) is 8.05. The number of nitrogens with two attached hydrogens (primary N) is 1. The Bertz CT molecular complexity index is 820. The second-order valence-corrected chi connectivity index (χ2v) is 5.25. The molecule has 1 aliphatic rings. The highest BCUT2D eigenvalue weighted by atomic mass is 16.5. The van der Waals surface area contributed by atoms with E-state index in [1.807, 2.05) is 25.1 Å². The van der Waals surface area contributed by atoms with Crippen LogP contribution in [0.25, 0.3) is 21.9 Å². The first-order valence-electron chi connectivity index (χ1n) is 7.12. The topological polar surface area (TPSA) is 69.2 Å². The van der Waals surface area contributed by atoms with Crippen LogP contribution in [0.15, 0.2) is 24.3 Å². The van der Waals surface area contributed by atoms with E-state index in [0.717, 1.165) is 54.1 Å². The number of aromatic nitrogens is 3. The first kappa shape index (κ1) is 12.4. The van der Waals surface area contributed by atoms with Gasteiger partial charge in [-0.1, -0.05) is 18.2 Å². The SMILES string of the molecule is Cc1nc2c(N)nc3ccccc3c2n1N1CCOCC1. The number of morpholine rings is 1. The average Bonchev–Trinajstić information content (AvgIpc) is 2.86. The van der Waals surface area contributed by atoms with Crippen molar-refractivity contribution in [3.05, 3.63) is 30.1 Å². The fourth-order valence-corrected chi connectivity index (χ4v) is 3.00. The lowest BCUT2D eigenvalue weighted by Gasteiger charge is -2.31. The highest BCUT2D eigenvalue weighted by Gasteiger charge is 2.20. The van der Waals surface area contributed by atoms with Gasteiger partial charge in [0.1, 0.15) is 16.9 Å². The van der Waals surface area contributed by atoms with Crippen molar-refractivity contribution in [1.82, 2.24) is 14.6 Å². The van der Waals surface area contributed by atoms with E-state index in [4.69, 9.17) is 10.5 Å². The molecule has 2 aromatic heterocycles. The van der Waals surface area contributed by atoms with Crippen molar-refractivity contribution in [3.63, 3.8) is 0 Å². The van der Waals surface area contributed by atoms with Crippen LogP contribution in [-0.2, 0) is 4.74 Å². The summed E-state index contributed by atoms with van der Waals surface area (Å²) in [6.45, 7) is 5.17. The summed E-state index contributed by atoms with van der Waals surface area (Å²) >= 11 is 0. The maximum Gasteiger partial charge on any atom is 0.152 e. The van der Waals surface area contributed by atoms with E-state index < -0.39 is 0 Å². The Morgan fingerprint density at radius 2 is 1.90 bits per heavy atom. The first-order valence-corrected chi connectivity index (χ1v) is 7.12. The van der Waals surface area contributed by atoms with E-state index in [9.17, 15) is 0 Å². The molecule has 0 aliphatic carbocycles. The van der Waals surface area contributed by atoms with Crippen LogP contribution < -0.4 is 10.7 Å². The van der Waals surface area contributed by atoms with Crippen molar-refractivity contribution >= 4 is 27.8 Å². The fraction of sp³-hybridized carbons (Fsp3) is 0.333. The quantitative estimate of drug-likeness (QED) is 0.732. The number of para-hydroxylation sites is 1. The van der Waals surface area contributed by atoms with Crippen LogP contribution in [0.2, 0.25) is 0 Å². The lowest BCUT2D eigenvalue weighted by molar-refractivity contribution is 0.111. The summed E-state index contributed by atoms with van der Waals surface area (Å²) in [5.41, 5.74) is 8.82. The highest BCUT2D eigenvalue weighted by Crippen LogP contribution is 2.28. The molecule has 0 radical (unpaired) electrons. The summed E-state index contributed by atoms with van der Waals surface area (Å²) in [4.78, 5) is 9.09. The van der Waals surface area contributed by atoms with Crippen molar-refractivity contribution in [1.29, 1.82) is 0 Å². The molecule has 4 rings (SSSR count).